The van der Waals surface area contributed by atoms with Crippen LogP contribution in [-0.4, -0.2) is 45.2 Å². The molecule has 0 radical (unpaired) electrons. The number of nitrogens with zero attached hydrogens (tertiary/aromatic N) is 5. The lowest BCUT2D eigenvalue weighted by atomic mass is 9.70. The van der Waals surface area contributed by atoms with Gasteiger partial charge in [-0.1, -0.05) is 11.6 Å². The summed E-state index contributed by atoms with van der Waals surface area (Å²) in [6.07, 6.45) is 7.08. The van der Waals surface area contributed by atoms with E-state index in [2.05, 4.69) is 20.2 Å². The smallest absolute Gasteiger partial charge is 0.261 e. The molecular formula is C15H17N5O3S. The van der Waals surface area contributed by atoms with E-state index in [-0.39, 0.29) is 5.75 Å². The van der Waals surface area contributed by atoms with Crippen molar-refractivity contribution >= 4 is 15.5 Å². The van der Waals surface area contributed by atoms with Crippen LogP contribution in [0.15, 0.2) is 23.0 Å². The Bertz CT molecular complexity index is 1020. The average Bonchev–Trinajstić information content (AvgIpc) is 3.11. The van der Waals surface area contributed by atoms with E-state index < -0.39 is 15.3 Å². The number of sulfone groups is 1. The molecule has 1 saturated carbocycles. The van der Waals surface area contributed by atoms with Crippen LogP contribution in [-0.2, 0) is 15.3 Å². The summed E-state index contributed by atoms with van der Waals surface area (Å²) in [5, 5.41) is 8.29. The van der Waals surface area contributed by atoms with Gasteiger partial charge in [-0.05, 0) is 19.8 Å². The summed E-state index contributed by atoms with van der Waals surface area (Å²) in [4.78, 5) is 8.81. The van der Waals surface area contributed by atoms with Crippen LogP contribution in [0.3, 0.4) is 0 Å². The molecule has 1 aliphatic rings. The zero-order valence-corrected chi connectivity index (χ0v) is 14.2. The maximum Gasteiger partial charge on any atom is 0.261 e. The van der Waals surface area contributed by atoms with E-state index in [0.29, 0.717) is 17.3 Å². The van der Waals surface area contributed by atoms with Crippen molar-refractivity contribution in [1.82, 2.24) is 24.7 Å². The van der Waals surface area contributed by atoms with Crippen LogP contribution in [0.2, 0.25) is 0 Å². The maximum absolute atomic E-state index is 11.8. The van der Waals surface area contributed by atoms with Crippen LogP contribution in [0.4, 0.5) is 0 Å². The lowest BCUT2D eigenvalue weighted by molar-refractivity contribution is 0.249. The third kappa shape index (κ3) is 2.39. The maximum atomic E-state index is 11.8. The van der Waals surface area contributed by atoms with E-state index in [0.717, 1.165) is 30.6 Å². The molecule has 3 heterocycles. The molecule has 1 fully saturated rings. The molecule has 126 valence electrons. The summed E-state index contributed by atoms with van der Waals surface area (Å²) in [7, 11) is -3.12. The number of aryl methyl sites for hydroxylation is 1. The quantitative estimate of drug-likeness (QED) is 0.705. The SMILES string of the molecule is Cc1c(-c2nc(C3(CS(C)(=O)=O)CCC3)no2)cnc2ccnn12. The lowest BCUT2D eigenvalue weighted by Gasteiger charge is -2.38. The Kier molecular flexibility index (Phi) is 3.24. The van der Waals surface area contributed by atoms with E-state index in [1.165, 1.54) is 6.26 Å². The van der Waals surface area contributed by atoms with Crippen molar-refractivity contribution in [2.45, 2.75) is 31.6 Å². The highest BCUT2D eigenvalue weighted by Gasteiger charge is 2.45. The summed E-state index contributed by atoms with van der Waals surface area (Å²) in [5.41, 5.74) is 1.75. The summed E-state index contributed by atoms with van der Waals surface area (Å²) in [5.74, 6) is 0.857. The molecule has 1 aliphatic carbocycles. The van der Waals surface area contributed by atoms with Gasteiger partial charge in [0.25, 0.3) is 5.89 Å². The molecule has 0 spiro atoms. The molecule has 0 N–H and O–H groups in total. The monoisotopic (exact) mass is 347 g/mol. The molecule has 0 saturated heterocycles. The van der Waals surface area contributed by atoms with Gasteiger partial charge in [-0.2, -0.15) is 10.1 Å². The number of hydrogen-bond acceptors (Lipinski definition) is 7. The van der Waals surface area contributed by atoms with Crippen LogP contribution in [0.5, 0.6) is 0 Å². The van der Waals surface area contributed by atoms with Gasteiger partial charge in [0.05, 0.1) is 23.2 Å². The van der Waals surface area contributed by atoms with Crippen molar-refractivity contribution in [2.75, 3.05) is 12.0 Å². The molecule has 0 aromatic carbocycles. The van der Waals surface area contributed by atoms with Gasteiger partial charge in [-0.15, -0.1) is 0 Å². The van der Waals surface area contributed by atoms with Gasteiger partial charge >= 0.3 is 0 Å². The fourth-order valence-corrected chi connectivity index (χ4v) is 4.71. The van der Waals surface area contributed by atoms with Crippen molar-refractivity contribution < 1.29 is 12.9 Å². The predicted molar refractivity (Wildman–Crippen MR) is 86.3 cm³/mol. The van der Waals surface area contributed by atoms with Crippen molar-refractivity contribution in [3.63, 3.8) is 0 Å². The third-order valence-electron chi connectivity index (χ3n) is 4.64. The standard InChI is InChI=1S/C15H17N5O3S/c1-10-11(8-16-12-4-7-17-20(10)12)13-18-14(19-23-13)15(5-3-6-15)9-24(2,21)22/h4,7-8H,3,5-6,9H2,1-2H3. The molecule has 3 aromatic rings. The molecule has 9 heteroatoms. The van der Waals surface area contributed by atoms with Crippen molar-refractivity contribution in [3.8, 4) is 11.5 Å². The summed E-state index contributed by atoms with van der Waals surface area (Å²) in [6, 6.07) is 1.81. The Hall–Kier alpha value is -2.29. The van der Waals surface area contributed by atoms with Gasteiger partial charge < -0.3 is 4.52 Å². The summed E-state index contributed by atoms with van der Waals surface area (Å²) >= 11 is 0. The van der Waals surface area contributed by atoms with Crippen LogP contribution in [0.25, 0.3) is 17.1 Å². The predicted octanol–water partition coefficient (Wildman–Crippen LogP) is 1.55. The fourth-order valence-electron chi connectivity index (χ4n) is 3.29. The minimum atomic E-state index is -3.12. The third-order valence-corrected chi connectivity index (χ3v) is 5.71. The molecule has 4 rings (SSSR count). The van der Waals surface area contributed by atoms with Gasteiger partial charge in [-0.25, -0.2) is 17.9 Å². The molecule has 0 unspecified atom stereocenters. The Balaban J connectivity index is 1.75. The summed E-state index contributed by atoms with van der Waals surface area (Å²) in [6.45, 7) is 1.90. The van der Waals surface area contributed by atoms with Crippen molar-refractivity contribution in [2.24, 2.45) is 0 Å². The van der Waals surface area contributed by atoms with E-state index in [4.69, 9.17) is 4.52 Å². The first-order valence-corrected chi connectivity index (χ1v) is 9.76. The van der Waals surface area contributed by atoms with Gasteiger partial charge in [0.2, 0.25) is 0 Å². The molecule has 0 bridgehead atoms. The highest BCUT2D eigenvalue weighted by atomic mass is 32.2. The number of aromatic nitrogens is 5. The van der Waals surface area contributed by atoms with Gasteiger partial charge in [0, 0.05) is 23.9 Å². The minimum Gasteiger partial charge on any atom is -0.334 e. The van der Waals surface area contributed by atoms with E-state index in [1.54, 1.807) is 16.9 Å². The fraction of sp³-hybridized carbons (Fsp3) is 0.467. The first-order valence-electron chi connectivity index (χ1n) is 7.70. The Labute approximate surface area is 138 Å². The average molecular weight is 347 g/mol. The van der Waals surface area contributed by atoms with E-state index in [1.807, 2.05) is 13.0 Å². The van der Waals surface area contributed by atoms with Gasteiger partial charge in [0.15, 0.2) is 11.5 Å². The molecule has 3 aromatic heterocycles. The highest BCUT2D eigenvalue weighted by molar-refractivity contribution is 7.90. The molecular weight excluding hydrogens is 330 g/mol. The van der Waals surface area contributed by atoms with E-state index in [9.17, 15) is 8.42 Å². The molecule has 0 amide bonds. The van der Waals surface area contributed by atoms with Gasteiger partial charge in [-0.3, -0.25) is 0 Å². The zero-order chi connectivity index (χ0) is 16.9. The first-order chi connectivity index (χ1) is 11.4. The number of rotatable bonds is 4. The lowest BCUT2D eigenvalue weighted by Crippen LogP contribution is -2.41. The first kappa shape index (κ1) is 15.3. The number of fused-ring (bicyclic) bond motifs is 1. The van der Waals surface area contributed by atoms with Crippen LogP contribution < -0.4 is 0 Å². The van der Waals surface area contributed by atoms with Crippen LogP contribution >= 0.6 is 0 Å². The number of hydrogen-bond donors (Lipinski definition) is 0. The van der Waals surface area contributed by atoms with Gasteiger partial charge in [0.1, 0.15) is 9.84 Å². The molecule has 0 atom stereocenters. The summed E-state index contributed by atoms with van der Waals surface area (Å²) < 4.78 is 30.6. The zero-order valence-electron chi connectivity index (χ0n) is 13.4. The largest absolute Gasteiger partial charge is 0.334 e. The van der Waals surface area contributed by atoms with Crippen molar-refractivity contribution in [1.29, 1.82) is 0 Å². The Morgan fingerprint density at radius 2 is 2.17 bits per heavy atom. The minimum absolute atomic E-state index is 0.0500. The van der Waals surface area contributed by atoms with Crippen LogP contribution in [0, 0.1) is 6.92 Å². The molecule has 0 aliphatic heterocycles. The van der Waals surface area contributed by atoms with E-state index >= 15 is 0 Å². The Morgan fingerprint density at radius 1 is 1.38 bits per heavy atom. The van der Waals surface area contributed by atoms with Crippen LogP contribution in [0.1, 0.15) is 30.8 Å². The highest BCUT2D eigenvalue weighted by Crippen LogP contribution is 2.43. The second kappa shape index (κ2) is 5.10. The van der Waals surface area contributed by atoms with Crippen molar-refractivity contribution in [3.05, 3.63) is 30.0 Å². The topological polar surface area (TPSA) is 103 Å². The normalized spacial score (nSPS) is 17.1. The Morgan fingerprint density at radius 3 is 2.83 bits per heavy atom. The molecule has 8 nitrogen and oxygen atoms in total. The molecule has 24 heavy (non-hydrogen) atoms. The second-order valence-corrected chi connectivity index (χ2v) is 8.63. The second-order valence-electron chi connectivity index (χ2n) is 6.49.